The van der Waals surface area contributed by atoms with Crippen LogP contribution >= 0.6 is 15.9 Å². The zero-order valence-corrected chi connectivity index (χ0v) is 15.9. The molecule has 0 N–H and O–H groups in total. The van der Waals surface area contributed by atoms with Crippen molar-refractivity contribution in [2.75, 3.05) is 0 Å². The second-order valence-electron chi connectivity index (χ2n) is 5.92. The molecule has 0 radical (unpaired) electrons. The van der Waals surface area contributed by atoms with E-state index >= 15 is 0 Å². The molecule has 3 rings (SSSR count). The Kier molecular flexibility index (Phi) is 5.13. The van der Waals surface area contributed by atoms with Crippen LogP contribution in [-0.2, 0) is 7.05 Å². The maximum Gasteiger partial charge on any atom is 0.266 e. The Hall–Kier alpha value is -2.22. The molecule has 2 heterocycles. The van der Waals surface area contributed by atoms with Crippen LogP contribution in [0.25, 0.3) is 10.9 Å². The minimum Gasteiger partial charge on any atom is -0.331 e. The highest BCUT2D eigenvalue weighted by atomic mass is 79.9. The number of nitrogens with zero attached hydrogens (tertiary/aromatic N) is 4. The van der Waals surface area contributed by atoms with Gasteiger partial charge in [0.2, 0.25) is 0 Å². The minimum atomic E-state index is -2.87. The molecular weight excluding hydrogens is 409 g/mol. The molecule has 0 aliphatic rings. The Morgan fingerprint density at radius 3 is 2.62 bits per heavy atom. The molecule has 8 heteroatoms. The highest BCUT2D eigenvalue weighted by molar-refractivity contribution is 9.10. The van der Waals surface area contributed by atoms with Crippen molar-refractivity contribution in [3.05, 3.63) is 63.3 Å². The number of alkyl halides is 2. The average molecular weight is 425 g/mol. The van der Waals surface area contributed by atoms with Crippen molar-refractivity contribution < 1.29 is 13.2 Å². The molecule has 0 saturated carbocycles. The van der Waals surface area contributed by atoms with Crippen molar-refractivity contribution in [1.29, 1.82) is 0 Å². The molecule has 0 aliphatic carbocycles. The van der Waals surface area contributed by atoms with Gasteiger partial charge in [-0.1, -0.05) is 18.2 Å². The van der Waals surface area contributed by atoms with Crippen molar-refractivity contribution in [3.63, 3.8) is 0 Å². The average Bonchev–Trinajstić information content (AvgIpc) is 2.59. The van der Waals surface area contributed by atoms with Crippen LogP contribution in [0.2, 0.25) is 0 Å². The van der Waals surface area contributed by atoms with Gasteiger partial charge in [0.15, 0.2) is 5.49 Å². The van der Waals surface area contributed by atoms with E-state index < -0.39 is 23.8 Å². The number of halogens is 4. The van der Waals surface area contributed by atoms with Crippen molar-refractivity contribution in [2.24, 2.45) is 12.0 Å². The predicted octanol–water partition coefficient (Wildman–Crippen LogP) is 4.78. The second-order valence-corrected chi connectivity index (χ2v) is 6.73. The topological polar surface area (TPSA) is 43.1 Å². The third-order valence-corrected chi connectivity index (χ3v) is 4.70. The SMILES string of the molecule is Cc1nc(=N[C@H](C)c2cccc(C(F)F)c2F)c2cc(Br)ncc2n1C. The van der Waals surface area contributed by atoms with Crippen molar-refractivity contribution >= 4 is 26.8 Å². The lowest BCUT2D eigenvalue weighted by molar-refractivity contribution is 0.146. The first-order chi connectivity index (χ1) is 12.3. The Bertz CT molecular complexity index is 1050. The molecule has 0 fully saturated rings. The summed E-state index contributed by atoms with van der Waals surface area (Å²) in [5.41, 5.74) is 0.711. The molecule has 3 aromatic rings. The molecule has 1 aromatic carbocycles. The van der Waals surface area contributed by atoms with Crippen LogP contribution in [0, 0.1) is 12.7 Å². The summed E-state index contributed by atoms with van der Waals surface area (Å²) >= 11 is 3.32. The molecule has 0 aliphatic heterocycles. The van der Waals surface area contributed by atoms with Gasteiger partial charge in [0, 0.05) is 18.0 Å². The van der Waals surface area contributed by atoms with E-state index in [1.807, 2.05) is 18.5 Å². The molecule has 26 heavy (non-hydrogen) atoms. The number of hydrogen-bond acceptors (Lipinski definition) is 3. The Morgan fingerprint density at radius 2 is 1.92 bits per heavy atom. The smallest absolute Gasteiger partial charge is 0.266 e. The first-order valence-electron chi connectivity index (χ1n) is 7.88. The highest BCUT2D eigenvalue weighted by Gasteiger charge is 2.19. The van der Waals surface area contributed by atoms with Gasteiger partial charge in [0.25, 0.3) is 6.43 Å². The minimum absolute atomic E-state index is 0.108. The molecule has 0 bridgehead atoms. The first-order valence-corrected chi connectivity index (χ1v) is 8.68. The highest BCUT2D eigenvalue weighted by Crippen LogP contribution is 2.28. The number of aryl methyl sites for hydroxylation is 2. The monoisotopic (exact) mass is 424 g/mol. The molecule has 0 amide bonds. The van der Waals surface area contributed by atoms with Crippen LogP contribution in [0.4, 0.5) is 13.2 Å². The summed E-state index contributed by atoms with van der Waals surface area (Å²) in [5.74, 6) is -0.224. The Balaban J connectivity index is 2.21. The van der Waals surface area contributed by atoms with Crippen molar-refractivity contribution in [1.82, 2.24) is 14.5 Å². The van der Waals surface area contributed by atoms with Gasteiger partial charge in [0.1, 0.15) is 16.2 Å². The summed E-state index contributed by atoms with van der Waals surface area (Å²) < 4.78 is 42.8. The van der Waals surface area contributed by atoms with Gasteiger partial charge in [-0.15, -0.1) is 0 Å². The van der Waals surface area contributed by atoms with E-state index in [-0.39, 0.29) is 5.56 Å². The maximum atomic E-state index is 14.4. The van der Waals surface area contributed by atoms with E-state index in [4.69, 9.17) is 0 Å². The zero-order valence-electron chi connectivity index (χ0n) is 14.3. The number of rotatable bonds is 3. The molecule has 0 unspecified atom stereocenters. The fourth-order valence-electron chi connectivity index (χ4n) is 2.74. The lowest BCUT2D eigenvalue weighted by Gasteiger charge is -2.13. The molecule has 1 atom stereocenters. The Morgan fingerprint density at radius 1 is 1.23 bits per heavy atom. The van der Waals surface area contributed by atoms with Crippen LogP contribution in [-0.4, -0.2) is 14.5 Å². The molecule has 136 valence electrons. The van der Waals surface area contributed by atoms with Crippen LogP contribution in [0.3, 0.4) is 0 Å². The third-order valence-electron chi connectivity index (χ3n) is 4.26. The summed E-state index contributed by atoms with van der Waals surface area (Å²) in [6.45, 7) is 3.48. The van der Waals surface area contributed by atoms with Gasteiger partial charge in [-0.25, -0.2) is 23.1 Å². The van der Waals surface area contributed by atoms with Crippen LogP contribution in [0.5, 0.6) is 0 Å². The van der Waals surface area contributed by atoms with Crippen LogP contribution in [0.15, 0.2) is 40.1 Å². The lowest BCUT2D eigenvalue weighted by atomic mass is 10.0. The summed E-state index contributed by atoms with van der Waals surface area (Å²) in [7, 11) is 1.86. The lowest BCUT2D eigenvalue weighted by Crippen LogP contribution is -2.18. The van der Waals surface area contributed by atoms with Crippen LogP contribution < -0.4 is 5.49 Å². The van der Waals surface area contributed by atoms with Crippen molar-refractivity contribution in [3.8, 4) is 0 Å². The molecule has 2 aromatic heterocycles. The van der Waals surface area contributed by atoms with Crippen LogP contribution in [0.1, 0.15) is 36.3 Å². The number of aromatic nitrogens is 3. The first kappa shape index (κ1) is 18.6. The van der Waals surface area contributed by atoms with Gasteiger partial charge in [-0.3, -0.25) is 4.99 Å². The number of fused-ring (bicyclic) bond motifs is 1. The van der Waals surface area contributed by atoms with Gasteiger partial charge in [-0.05, 0) is 35.8 Å². The quantitative estimate of drug-likeness (QED) is 0.567. The predicted molar refractivity (Wildman–Crippen MR) is 96.3 cm³/mol. The summed E-state index contributed by atoms with van der Waals surface area (Å²) in [5, 5.41) is 0.734. The molecular formula is C18H16BrF3N4. The summed E-state index contributed by atoms with van der Waals surface area (Å²) in [4.78, 5) is 13.2. The van der Waals surface area contributed by atoms with E-state index in [9.17, 15) is 13.2 Å². The normalized spacial score (nSPS) is 13.6. The maximum absolute atomic E-state index is 14.4. The Labute approximate surface area is 156 Å². The number of benzene rings is 1. The van der Waals surface area contributed by atoms with E-state index in [0.717, 1.165) is 17.0 Å². The van der Waals surface area contributed by atoms with Gasteiger partial charge >= 0.3 is 0 Å². The molecule has 0 spiro atoms. The fourth-order valence-corrected chi connectivity index (χ4v) is 3.07. The van der Waals surface area contributed by atoms with Gasteiger partial charge < -0.3 is 4.57 Å². The number of hydrogen-bond donors (Lipinski definition) is 0. The van der Waals surface area contributed by atoms with Gasteiger partial charge in [-0.2, -0.15) is 0 Å². The van der Waals surface area contributed by atoms with Gasteiger partial charge in [0.05, 0.1) is 23.3 Å². The van der Waals surface area contributed by atoms with Crippen molar-refractivity contribution in [2.45, 2.75) is 26.3 Å². The summed E-state index contributed by atoms with van der Waals surface area (Å²) in [6.07, 6.45) is -1.18. The third kappa shape index (κ3) is 3.38. The van der Waals surface area contributed by atoms with E-state index in [1.54, 1.807) is 19.2 Å². The fraction of sp³-hybridized carbons (Fsp3) is 0.278. The second kappa shape index (κ2) is 7.19. The van der Waals surface area contributed by atoms with E-state index in [0.29, 0.717) is 15.9 Å². The number of pyridine rings is 1. The van der Waals surface area contributed by atoms with E-state index in [2.05, 4.69) is 30.9 Å². The summed E-state index contributed by atoms with van der Waals surface area (Å²) in [6, 6.07) is 5.06. The van der Waals surface area contributed by atoms with E-state index in [1.165, 1.54) is 12.1 Å². The molecule has 0 saturated heterocycles. The largest absolute Gasteiger partial charge is 0.331 e. The molecule has 4 nitrogen and oxygen atoms in total. The standard InChI is InChI=1S/C18H16BrF3N4/c1-9(11-5-4-6-12(16(11)20)17(21)22)24-18-13-7-15(19)23-8-14(13)26(3)10(2)25-18/h4-9,17H,1-3H3/t9-/m1/s1. The zero-order chi connectivity index (χ0) is 19.0.